The highest BCUT2D eigenvalue weighted by Gasteiger charge is 2.23. The molecule has 0 atom stereocenters. The van der Waals surface area contributed by atoms with Crippen LogP contribution < -0.4 is 0 Å². The summed E-state index contributed by atoms with van der Waals surface area (Å²) in [5.74, 6) is 1.80. The summed E-state index contributed by atoms with van der Waals surface area (Å²) in [6, 6.07) is 68.5. The lowest BCUT2D eigenvalue weighted by atomic mass is 10.0. The van der Waals surface area contributed by atoms with Gasteiger partial charge in [-0.05, 0) is 70.4 Å². The minimum absolute atomic E-state index is 0.577. The van der Waals surface area contributed by atoms with Gasteiger partial charge in [0.15, 0.2) is 17.5 Å². The highest BCUT2D eigenvalue weighted by atomic mass is 32.1. The third kappa shape index (κ3) is 5.36. The number of nitrogens with zero attached hydrogens (tertiary/aromatic N) is 4. The van der Waals surface area contributed by atoms with Crippen molar-refractivity contribution in [2.24, 2.45) is 0 Å². The fraction of sp³-hybridized carbons (Fsp3) is 0. The van der Waals surface area contributed by atoms with Gasteiger partial charge >= 0.3 is 0 Å². The summed E-state index contributed by atoms with van der Waals surface area (Å²) in [6.07, 6.45) is 0. The Balaban J connectivity index is 1.12. The van der Waals surface area contributed by atoms with E-state index in [1.807, 2.05) is 18.2 Å². The summed E-state index contributed by atoms with van der Waals surface area (Å²) in [4.78, 5) is 16.2. The van der Waals surface area contributed by atoms with Gasteiger partial charge in [0.05, 0.1) is 16.7 Å². The van der Waals surface area contributed by atoms with Gasteiger partial charge < -0.3 is 8.98 Å². The molecule has 0 spiro atoms. The van der Waals surface area contributed by atoms with E-state index >= 15 is 0 Å². The van der Waals surface area contributed by atoms with Crippen molar-refractivity contribution in [2.45, 2.75) is 0 Å². The van der Waals surface area contributed by atoms with E-state index in [-0.39, 0.29) is 0 Å². The molecule has 0 bridgehead atoms. The lowest BCUT2D eigenvalue weighted by molar-refractivity contribution is 0.668. The number of thiophene rings is 1. The van der Waals surface area contributed by atoms with E-state index < -0.39 is 0 Å². The van der Waals surface area contributed by atoms with Gasteiger partial charge in [0, 0.05) is 64.5 Å². The van der Waals surface area contributed by atoms with Crippen LogP contribution in [0.4, 0.5) is 0 Å². The lowest BCUT2D eigenvalue weighted by Gasteiger charge is -2.13. The number of benzene rings is 9. The molecule has 0 amide bonds. The standard InChI is InChI=1S/C55H32N4OS/c1-2-14-33(15-3-1)34-18-12-19-37(28-34)53-56-54(43-24-13-23-41-40-21-8-11-27-50(40)61-52(41)43)58-55(57-53)45-31-38(32-49-51(45)42-22-7-10-26-48(42)60-49)59-46-25-9-6-20-39(46)44-29-35-16-4-5-17-36(35)30-47(44)59/h1-32H. The van der Waals surface area contributed by atoms with Gasteiger partial charge in [-0.25, -0.2) is 15.0 Å². The Morgan fingerprint density at radius 2 is 1.05 bits per heavy atom. The molecule has 61 heavy (non-hydrogen) atoms. The van der Waals surface area contributed by atoms with Crippen LogP contribution >= 0.6 is 11.3 Å². The summed E-state index contributed by atoms with van der Waals surface area (Å²) >= 11 is 1.78. The van der Waals surface area contributed by atoms with E-state index in [1.165, 1.54) is 37.0 Å². The predicted molar refractivity (Wildman–Crippen MR) is 254 cm³/mol. The molecule has 0 aliphatic carbocycles. The van der Waals surface area contributed by atoms with Crippen LogP contribution in [0.25, 0.3) is 126 Å². The molecule has 9 aromatic carbocycles. The third-order valence-electron chi connectivity index (χ3n) is 12.0. The van der Waals surface area contributed by atoms with Gasteiger partial charge in [0.1, 0.15) is 11.2 Å². The Hall–Kier alpha value is -7.93. The summed E-state index contributed by atoms with van der Waals surface area (Å²) in [5.41, 5.74) is 9.75. The zero-order chi connectivity index (χ0) is 40.0. The van der Waals surface area contributed by atoms with E-state index in [0.717, 1.165) is 71.2 Å². The average Bonchev–Trinajstić information content (AvgIpc) is 4.00. The van der Waals surface area contributed by atoms with Gasteiger partial charge in [-0.15, -0.1) is 11.3 Å². The molecule has 0 N–H and O–H groups in total. The fourth-order valence-corrected chi connectivity index (χ4v) is 10.4. The molecule has 4 aromatic heterocycles. The second kappa shape index (κ2) is 13.3. The van der Waals surface area contributed by atoms with E-state index in [1.54, 1.807) is 11.3 Å². The smallest absolute Gasteiger partial charge is 0.165 e. The van der Waals surface area contributed by atoms with Gasteiger partial charge in [-0.2, -0.15) is 0 Å². The van der Waals surface area contributed by atoms with E-state index in [4.69, 9.17) is 19.4 Å². The molecule has 6 heteroatoms. The molecule has 0 saturated heterocycles. The highest BCUT2D eigenvalue weighted by molar-refractivity contribution is 7.26. The number of hydrogen-bond donors (Lipinski definition) is 0. The Kier molecular flexibility index (Phi) is 7.41. The Labute approximate surface area is 353 Å². The monoisotopic (exact) mass is 796 g/mol. The molecule has 284 valence electrons. The van der Waals surface area contributed by atoms with Gasteiger partial charge in [-0.3, -0.25) is 0 Å². The van der Waals surface area contributed by atoms with Crippen LogP contribution in [0.2, 0.25) is 0 Å². The minimum Gasteiger partial charge on any atom is -0.456 e. The Bertz CT molecular complexity index is 3900. The molecular weight excluding hydrogens is 765 g/mol. The van der Waals surface area contributed by atoms with Crippen LogP contribution in [0.3, 0.4) is 0 Å². The van der Waals surface area contributed by atoms with Crippen LogP contribution in [0.15, 0.2) is 199 Å². The van der Waals surface area contributed by atoms with Crippen molar-refractivity contribution in [1.29, 1.82) is 0 Å². The molecular formula is C55H32N4OS. The average molecular weight is 797 g/mol. The second-order valence-electron chi connectivity index (χ2n) is 15.6. The molecule has 0 radical (unpaired) electrons. The van der Waals surface area contributed by atoms with E-state index in [2.05, 4.69) is 180 Å². The second-order valence-corrected chi connectivity index (χ2v) is 16.6. The predicted octanol–water partition coefficient (Wildman–Crippen LogP) is 15.1. The van der Waals surface area contributed by atoms with Crippen molar-refractivity contribution in [3.8, 4) is 51.0 Å². The maximum Gasteiger partial charge on any atom is 0.165 e. The first kappa shape index (κ1) is 34.0. The zero-order valence-corrected chi connectivity index (χ0v) is 33.4. The maximum absolute atomic E-state index is 6.75. The summed E-state index contributed by atoms with van der Waals surface area (Å²) in [7, 11) is 0. The van der Waals surface area contributed by atoms with Crippen molar-refractivity contribution < 1.29 is 4.42 Å². The van der Waals surface area contributed by atoms with Crippen LogP contribution in [-0.2, 0) is 0 Å². The van der Waals surface area contributed by atoms with E-state index in [9.17, 15) is 0 Å². The summed E-state index contributed by atoms with van der Waals surface area (Å²) in [5, 5.41) is 9.17. The highest BCUT2D eigenvalue weighted by Crippen LogP contribution is 2.43. The molecule has 13 aromatic rings. The quantitative estimate of drug-likeness (QED) is 0.174. The number of para-hydroxylation sites is 2. The Morgan fingerprint density at radius 1 is 0.393 bits per heavy atom. The topological polar surface area (TPSA) is 56.7 Å². The van der Waals surface area contributed by atoms with Crippen molar-refractivity contribution in [2.75, 3.05) is 0 Å². The van der Waals surface area contributed by atoms with Crippen molar-refractivity contribution >= 4 is 86.0 Å². The number of rotatable bonds is 5. The van der Waals surface area contributed by atoms with Crippen LogP contribution in [0.5, 0.6) is 0 Å². The fourth-order valence-electron chi connectivity index (χ4n) is 9.22. The van der Waals surface area contributed by atoms with E-state index in [0.29, 0.717) is 17.5 Å². The van der Waals surface area contributed by atoms with Crippen LogP contribution in [-0.4, -0.2) is 19.5 Å². The number of hydrogen-bond acceptors (Lipinski definition) is 5. The van der Waals surface area contributed by atoms with Crippen LogP contribution in [0, 0.1) is 0 Å². The summed E-state index contributed by atoms with van der Waals surface area (Å²) in [6.45, 7) is 0. The number of fused-ring (bicyclic) bond motifs is 10. The zero-order valence-electron chi connectivity index (χ0n) is 32.6. The van der Waals surface area contributed by atoms with Crippen LogP contribution in [0.1, 0.15) is 0 Å². The van der Waals surface area contributed by atoms with Gasteiger partial charge in [-0.1, -0.05) is 140 Å². The molecule has 4 heterocycles. The first-order valence-corrected chi connectivity index (χ1v) is 21.2. The third-order valence-corrected chi connectivity index (χ3v) is 13.2. The lowest BCUT2D eigenvalue weighted by Crippen LogP contribution is -2.02. The normalized spacial score (nSPS) is 11.9. The number of aromatic nitrogens is 4. The SMILES string of the molecule is c1ccc(-c2cccc(-c3nc(-c4cccc5c4sc4ccccc45)nc(-c4cc(-n5c6ccccc6c6cc7ccccc7cc65)cc5oc6ccccc6c45)n3)c2)cc1. The maximum atomic E-state index is 6.75. The molecule has 0 unspecified atom stereocenters. The van der Waals surface area contributed by atoms with Crippen molar-refractivity contribution in [3.63, 3.8) is 0 Å². The van der Waals surface area contributed by atoms with Gasteiger partial charge in [0.25, 0.3) is 0 Å². The molecule has 0 saturated carbocycles. The largest absolute Gasteiger partial charge is 0.456 e. The molecule has 13 rings (SSSR count). The van der Waals surface area contributed by atoms with Crippen molar-refractivity contribution in [3.05, 3.63) is 194 Å². The molecule has 0 aliphatic heterocycles. The number of furan rings is 1. The molecule has 0 aliphatic rings. The molecule has 0 fully saturated rings. The minimum atomic E-state index is 0.577. The first-order valence-electron chi connectivity index (χ1n) is 20.4. The van der Waals surface area contributed by atoms with Crippen molar-refractivity contribution in [1.82, 2.24) is 19.5 Å². The first-order chi connectivity index (χ1) is 30.2. The molecule has 5 nitrogen and oxygen atoms in total. The Morgan fingerprint density at radius 3 is 1.93 bits per heavy atom. The summed E-state index contributed by atoms with van der Waals surface area (Å²) < 4.78 is 11.5. The van der Waals surface area contributed by atoms with Gasteiger partial charge in [0.2, 0.25) is 0 Å².